The molecule has 1 fully saturated rings. The fourth-order valence-electron chi connectivity index (χ4n) is 2.86. The summed E-state index contributed by atoms with van der Waals surface area (Å²) in [5.74, 6) is -1.25. The zero-order valence-electron chi connectivity index (χ0n) is 10.7. The van der Waals surface area contributed by atoms with Crippen LogP contribution >= 0.6 is 0 Å². The maximum atomic E-state index is 11.3. The summed E-state index contributed by atoms with van der Waals surface area (Å²) in [5, 5.41) is 18.3. The maximum Gasteiger partial charge on any atom is 0.356 e. The van der Waals surface area contributed by atoms with Crippen LogP contribution in [0.15, 0.2) is 18.3 Å². The zero-order valence-corrected chi connectivity index (χ0v) is 10.7. The Hall–Kier alpha value is -2.37. The van der Waals surface area contributed by atoms with Gasteiger partial charge in [0.25, 0.3) is 0 Å². The van der Waals surface area contributed by atoms with Gasteiger partial charge in [-0.1, -0.05) is 12.8 Å². The fourth-order valence-corrected chi connectivity index (χ4v) is 2.86. The van der Waals surface area contributed by atoms with E-state index in [0.29, 0.717) is 11.3 Å². The van der Waals surface area contributed by atoms with Gasteiger partial charge >= 0.3 is 11.9 Å². The predicted molar refractivity (Wildman–Crippen MR) is 70.3 cm³/mol. The Labute approximate surface area is 114 Å². The smallest absolute Gasteiger partial charge is 0.356 e. The molecule has 0 radical (unpaired) electrons. The summed E-state index contributed by atoms with van der Waals surface area (Å²) in [6.45, 7) is 0. The number of aromatic nitrogens is 2. The lowest BCUT2D eigenvalue weighted by atomic mass is 10.1. The Morgan fingerprint density at radius 2 is 1.85 bits per heavy atom. The van der Waals surface area contributed by atoms with E-state index in [9.17, 15) is 14.7 Å². The molecule has 2 aromatic rings. The van der Waals surface area contributed by atoms with E-state index in [-0.39, 0.29) is 17.2 Å². The predicted octanol–water partition coefficient (Wildman–Crippen LogP) is 2.39. The first-order valence-corrected chi connectivity index (χ1v) is 6.56. The summed E-state index contributed by atoms with van der Waals surface area (Å²) in [4.78, 5) is 26.6. The summed E-state index contributed by atoms with van der Waals surface area (Å²) in [7, 11) is 0. The Morgan fingerprint density at radius 1 is 1.15 bits per heavy atom. The third-order valence-corrected chi connectivity index (χ3v) is 3.83. The number of rotatable bonds is 3. The molecule has 1 saturated carbocycles. The van der Waals surface area contributed by atoms with Gasteiger partial charge in [-0.05, 0) is 25.0 Å². The molecule has 2 N–H and O–H groups in total. The molecule has 0 aromatic carbocycles. The highest BCUT2D eigenvalue weighted by atomic mass is 16.4. The zero-order chi connectivity index (χ0) is 14.3. The Kier molecular flexibility index (Phi) is 2.93. The molecule has 0 spiro atoms. The van der Waals surface area contributed by atoms with Gasteiger partial charge in [0, 0.05) is 12.1 Å². The third-order valence-electron chi connectivity index (χ3n) is 3.83. The van der Waals surface area contributed by atoms with Gasteiger partial charge in [0.1, 0.15) is 5.82 Å². The second kappa shape index (κ2) is 4.63. The molecule has 0 unspecified atom stereocenters. The van der Waals surface area contributed by atoms with Crippen molar-refractivity contribution < 1.29 is 19.8 Å². The topological polar surface area (TPSA) is 91.9 Å². The summed E-state index contributed by atoms with van der Waals surface area (Å²) in [5.41, 5.74) is 0.569. The molecule has 1 aliphatic rings. The molecule has 0 saturated heterocycles. The number of pyridine rings is 1. The average Bonchev–Trinajstić information content (AvgIpc) is 3.04. The minimum Gasteiger partial charge on any atom is -0.478 e. The van der Waals surface area contributed by atoms with Crippen LogP contribution in [-0.2, 0) is 0 Å². The quantitative estimate of drug-likeness (QED) is 0.896. The van der Waals surface area contributed by atoms with Crippen molar-refractivity contribution in [1.29, 1.82) is 0 Å². The van der Waals surface area contributed by atoms with E-state index in [1.54, 1.807) is 4.40 Å². The minimum absolute atomic E-state index is 0.0103. The van der Waals surface area contributed by atoms with Crippen LogP contribution in [0.25, 0.3) is 5.52 Å². The molecule has 0 aliphatic heterocycles. The van der Waals surface area contributed by atoms with Crippen molar-refractivity contribution in [3.8, 4) is 0 Å². The van der Waals surface area contributed by atoms with Crippen LogP contribution in [0, 0.1) is 0 Å². The third kappa shape index (κ3) is 1.93. The first-order chi connectivity index (χ1) is 9.58. The summed E-state index contributed by atoms with van der Waals surface area (Å²) < 4.78 is 1.63. The number of fused-ring (bicyclic) bond motifs is 1. The molecule has 6 nitrogen and oxygen atoms in total. The van der Waals surface area contributed by atoms with E-state index < -0.39 is 11.9 Å². The van der Waals surface area contributed by atoms with Gasteiger partial charge in [-0.2, -0.15) is 0 Å². The molecule has 3 rings (SSSR count). The highest BCUT2D eigenvalue weighted by Gasteiger charge is 2.25. The first kappa shape index (κ1) is 12.7. The van der Waals surface area contributed by atoms with E-state index in [1.807, 2.05) is 0 Å². The highest BCUT2D eigenvalue weighted by molar-refractivity contribution is 5.95. The summed E-state index contributed by atoms with van der Waals surface area (Å²) >= 11 is 0. The fraction of sp³-hybridized carbons (Fsp3) is 0.357. The number of aromatic carboxylic acids is 2. The van der Waals surface area contributed by atoms with E-state index in [0.717, 1.165) is 25.7 Å². The van der Waals surface area contributed by atoms with Crippen LogP contribution in [0.5, 0.6) is 0 Å². The monoisotopic (exact) mass is 274 g/mol. The van der Waals surface area contributed by atoms with Crippen molar-refractivity contribution in [2.75, 3.05) is 0 Å². The molecule has 6 heteroatoms. The standard InChI is InChI=1S/C14H14N2O4/c17-13(18)9-5-6-10-11(14(19)20)15-12(16(10)7-9)8-3-1-2-4-8/h5-8H,1-4H2,(H,17,18)(H,19,20). The lowest BCUT2D eigenvalue weighted by molar-refractivity contribution is 0.0684. The molecule has 1 aliphatic carbocycles. The van der Waals surface area contributed by atoms with E-state index in [2.05, 4.69) is 4.98 Å². The number of carboxylic acids is 2. The van der Waals surface area contributed by atoms with Crippen molar-refractivity contribution in [2.24, 2.45) is 0 Å². The van der Waals surface area contributed by atoms with Gasteiger partial charge in [-0.25, -0.2) is 14.6 Å². The first-order valence-electron chi connectivity index (χ1n) is 6.56. The summed E-state index contributed by atoms with van der Waals surface area (Å²) in [6, 6.07) is 2.92. The Bertz CT molecular complexity index is 699. The van der Waals surface area contributed by atoms with Gasteiger partial charge < -0.3 is 14.6 Å². The van der Waals surface area contributed by atoms with Crippen molar-refractivity contribution in [2.45, 2.75) is 31.6 Å². The molecule has 0 bridgehead atoms. The lowest BCUT2D eigenvalue weighted by Crippen LogP contribution is -2.03. The number of hydrogen-bond donors (Lipinski definition) is 2. The van der Waals surface area contributed by atoms with Crippen LogP contribution in [0.2, 0.25) is 0 Å². The molecule has 0 atom stereocenters. The second-order valence-electron chi connectivity index (χ2n) is 5.08. The van der Waals surface area contributed by atoms with Crippen molar-refractivity contribution in [3.63, 3.8) is 0 Å². The van der Waals surface area contributed by atoms with E-state index in [4.69, 9.17) is 5.11 Å². The SMILES string of the molecule is O=C(O)c1ccc2c(C(=O)O)nc(C3CCCC3)n2c1. The largest absolute Gasteiger partial charge is 0.478 e. The average molecular weight is 274 g/mol. The molecular weight excluding hydrogens is 260 g/mol. The van der Waals surface area contributed by atoms with Crippen LogP contribution in [0.4, 0.5) is 0 Å². The van der Waals surface area contributed by atoms with Crippen LogP contribution in [-0.4, -0.2) is 31.5 Å². The molecule has 104 valence electrons. The molecule has 20 heavy (non-hydrogen) atoms. The highest BCUT2D eigenvalue weighted by Crippen LogP contribution is 2.34. The van der Waals surface area contributed by atoms with Gasteiger partial charge in [0.15, 0.2) is 5.69 Å². The number of nitrogens with zero attached hydrogens (tertiary/aromatic N) is 2. The molecular formula is C14H14N2O4. The van der Waals surface area contributed by atoms with Gasteiger partial charge in [0.05, 0.1) is 11.1 Å². The number of carbonyl (C=O) groups is 2. The lowest BCUT2D eigenvalue weighted by Gasteiger charge is -2.08. The number of carboxylic acid groups (broad SMARTS) is 2. The molecule has 2 aromatic heterocycles. The Morgan fingerprint density at radius 3 is 2.45 bits per heavy atom. The normalized spacial score (nSPS) is 15.8. The summed E-state index contributed by atoms with van der Waals surface area (Å²) in [6.07, 6.45) is 5.59. The van der Waals surface area contributed by atoms with Crippen molar-refractivity contribution in [3.05, 3.63) is 35.4 Å². The minimum atomic E-state index is -1.09. The molecule has 2 heterocycles. The van der Waals surface area contributed by atoms with Crippen molar-refractivity contribution in [1.82, 2.24) is 9.38 Å². The number of imidazole rings is 1. The van der Waals surface area contributed by atoms with Crippen molar-refractivity contribution >= 4 is 17.5 Å². The van der Waals surface area contributed by atoms with Crippen LogP contribution in [0.3, 0.4) is 0 Å². The number of hydrogen-bond acceptors (Lipinski definition) is 3. The van der Waals surface area contributed by atoms with E-state index >= 15 is 0 Å². The second-order valence-corrected chi connectivity index (χ2v) is 5.08. The Balaban J connectivity index is 2.23. The maximum absolute atomic E-state index is 11.3. The van der Waals surface area contributed by atoms with Gasteiger partial charge in [0.2, 0.25) is 0 Å². The van der Waals surface area contributed by atoms with E-state index in [1.165, 1.54) is 18.3 Å². The van der Waals surface area contributed by atoms with Gasteiger partial charge in [-0.3, -0.25) is 0 Å². The van der Waals surface area contributed by atoms with Crippen LogP contribution < -0.4 is 0 Å². The van der Waals surface area contributed by atoms with Gasteiger partial charge in [-0.15, -0.1) is 0 Å². The van der Waals surface area contributed by atoms with Crippen LogP contribution in [0.1, 0.15) is 58.3 Å². The molecule has 0 amide bonds.